The van der Waals surface area contributed by atoms with Gasteiger partial charge in [-0.15, -0.1) is 0 Å². The van der Waals surface area contributed by atoms with Crippen LogP contribution in [0.1, 0.15) is 83.0 Å². The van der Waals surface area contributed by atoms with E-state index < -0.39 is 84.1 Å². The van der Waals surface area contributed by atoms with Crippen LogP contribution in [0.25, 0.3) is 22.3 Å². The lowest BCUT2D eigenvalue weighted by atomic mass is 9.78. The Bertz CT molecular complexity index is 3290. The molecule has 0 spiro atoms. The molecule has 3 aromatic carbocycles. The minimum absolute atomic E-state index is 0.0256. The number of carbonyl (C=O) groups excluding carboxylic acids is 8. The highest BCUT2D eigenvalue weighted by atomic mass is 19.1. The van der Waals surface area contributed by atoms with Gasteiger partial charge in [-0.25, -0.2) is 19.1 Å². The maximum absolute atomic E-state index is 15.4. The highest BCUT2D eigenvalue weighted by Gasteiger charge is 2.46. The van der Waals surface area contributed by atoms with Crippen LogP contribution in [0.2, 0.25) is 0 Å². The van der Waals surface area contributed by atoms with E-state index in [1.807, 2.05) is 0 Å². The number of benzene rings is 3. The van der Waals surface area contributed by atoms with Gasteiger partial charge in [-0.3, -0.25) is 38.4 Å². The second-order valence-electron chi connectivity index (χ2n) is 19.1. The number of cyclic esters (lactones) is 1. The van der Waals surface area contributed by atoms with Crippen LogP contribution in [-0.2, 0) is 85.8 Å². The minimum atomic E-state index is -2.02. The first-order valence-corrected chi connectivity index (χ1v) is 25.0. The highest BCUT2D eigenvalue weighted by Crippen LogP contribution is 2.46. The van der Waals surface area contributed by atoms with Crippen LogP contribution < -0.4 is 37.0 Å². The Morgan fingerprint density at radius 3 is 2.29 bits per heavy atom. The number of fused-ring (bicyclic) bond motifs is 5. The summed E-state index contributed by atoms with van der Waals surface area (Å²) in [6.07, 6.45) is 4.61. The van der Waals surface area contributed by atoms with Crippen molar-refractivity contribution in [3.8, 4) is 11.4 Å². The molecule has 0 saturated heterocycles. The predicted molar refractivity (Wildman–Crippen MR) is 271 cm³/mol. The van der Waals surface area contributed by atoms with Gasteiger partial charge >= 0.3 is 5.97 Å². The van der Waals surface area contributed by atoms with Crippen LogP contribution in [0.4, 0.5) is 10.1 Å². The summed E-state index contributed by atoms with van der Waals surface area (Å²) in [6, 6.07) is 17.5. The second-order valence-corrected chi connectivity index (χ2v) is 19.1. The van der Waals surface area contributed by atoms with Crippen LogP contribution in [0.3, 0.4) is 0 Å². The molecular formula is C55H55FN8O12. The van der Waals surface area contributed by atoms with Crippen molar-refractivity contribution < 1.29 is 57.3 Å². The van der Waals surface area contributed by atoms with Crippen LogP contribution in [0, 0.1) is 12.7 Å². The second kappa shape index (κ2) is 22.2. The van der Waals surface area contributed by atoms with Gasteiger partial charge in [-0.05, 0) is 85.0 Å². The van der Waals surface area contributed by atoms with E-state index in [9.17, 15) is 48.3 Å². The van der Waals surface area contributed by atoms with Crippen molar-refractivity contribution in [3.63, 3.8) is 0 Å². The first-order chi connectivity index (χ1) is 36.5. The van der Waals surface area contributed by atoms with Crippen molar-refractivity contribution in [2.24, 2.45) is 0 Å². The fourth-order valence-corrected chi connectivity index (χ4v) is 10.2. The molecule has 1 aliphatic carbocycles. The van der Waals surface area contributed by atoms with Gasteiger partial charge in [0.15, 0.2) is 5.60 Å². The Morgan fingerprint density at radius 2 is 1.55 bits per heavy atom. The fourth-order valence-electron chi connectivity index (χ4n) is 10.2. The van der Waals surface area contributed by atoms with Gasteiger partial charge in [0, 0.05) is 53.5 Å². The maximum Gasteiger partial charge on any atom is 0.343 e. The Balaban J connectivity index is 0.753. The van der Waals surface area contributed by atoms with Gasteiger partial charge in [0.2, 0.25) is 29.5 Å². The molecule has 394 valence electrons. The number of amides is 7. The smallest absolute Gasteiger partial charge is 0.343 e. The fraction of sp³-hybridized carbons (Fsp3) is 0.345. The number of ether oxygens (including phenoxy) is 2. The molecule has 5 heterocycles. The summed E-state index contributed by atoms with van der Waals surface area (Å²) >= 11 is 0. The molecule has 1 unspecified atom stereocenters. The maximum atomic E-state index is 15.4. The standard InChI is InChI=1S/C55H55FN8O12/c1-3-55(74)38-21-42-51-36(26-63(42)53(72)37(38)28-76-54(55)73)49-33(14-17-35-30(2)39(56)22-40(62-51)50(35)49)27-75-29-60-45(67)24-59-52(71)41(20-32-8-5-4-6-9-32)61-46(68)25-58-44(66)23-57-43(65)11-7-10-31-12-15-34(16-13-31)64-47(69)18-19-48(64)70/h4-6,8-9,12-13,15-16,18-19,21-22,33,41,74H,3,7,10-11,14,17,20,23-29H2,1-2H3,(H,57,65)(H,58,66)(H,59,71)(H,60,67)(H,61,68)/t33?,41-,55-/m0/s1. The molecule has 0 saturated carbocycles. The molecule has 21 heteroatoms. The molecule has 0 radical (unpaired) electrons. The zero-order chi connectivity index (χ0) is 53.8. The van der Waals surface area contributed by atoms with Crippen molar-refractivity contribution in [2.75, 3.05) is 37.9 Å². The SMILES string of the molecule is CC[C@@]1(O)C(=O)OCc2c1cc1n(c2=O)Cc2c-1nc1cc(F)c(C)c3c1c2C(COCNC(=O)CNC(=O)[C@H](Cc1ccccc1)NC(=O)CNC(=O)CNC(=O)CCCc1ccc(N2C(=O)C=CC2=O)cc1)CC3. The Kier molecular flexibility index (Phi) is 15.3. The lowest BCUT2D eigenvalue weighted by Crippen LogP contribution is -2.52. The van der Waals surface area contributed by atoms with E-state index >= 15 is 4.39 Å². The number of anilines is 1. The van der Waals surface area contributed by atoms with Gasteiger partial charge in [-0.1, -0.05) is 49.4 Å². The van der Waals surface area contributed by atoms with Crippen molar-refractivity contribution in [2.45, 2.75) is 89.5 Å². The average Bonchev–Trinajstić information content (AvgIpc) is 4.02. The zero-order valence-corrected chi connectivity index (χ0v) is 41.7. The Hall–Kier alpha value is -8.43. The number of imide groups is 1. The molecular weight excluding hydrogens is 984 g/mol. The van der Waals surface area contributed by atoms with E-state index in [-0.39, 0.29) is 68.7 Å². The molecule has 6 N–H and O–H groups in total. The number of aromatic nitrogens is 2. The lowest BCUT2D eigenvalue weighted by Gasteiger charge is -2.31. The normalized spacial score (nSPS) is 17.3. The number of nitrogens with one attached hydrogen (secondary N) is 5. The number of aryl methyl sites for hydroxylation is 2. The first-order valence-electron chi connectivity index (χ1n) is 25.0. The third kappa shape index (κ3) is 10.7. The molecule has 9 rings (SSSR count). The van der Waals surface area contributed by atoms with E-state index in [4.69, 9.17) is 14.5 Å². The number of rotatable bonds is 20. The molecule has 20 nitrogen and oxygen atoms in total. The van der Waals surface area contributed by atoms with Crippen LogP contribution >= 0.6 is 0 Å². The number of pyridine rings is 2. The van der Waals surface area contributed by atoms with Gasteiger partial charge < -0.3 is 45.7 Å². The van der Waals surface area contributed by atoms with Crippen LogP contribution in [0.5, 0.6) is 0 Å². The summed E-state index contributed by atoms with van der Waals surface area (Å²) in [5.41, 5.74) is 4.00. The number of nitrogens with zero attached hydrogens (tertiary/aromatic N) is 3. The van der Waals surface area contributed by atoms with E-state index in [1.165, 1.54) is 22.8 Å². The quantitative estimate of drug-likeness (QED) is 0.0277. The zero-order valence-electron chi connectivity index (χ0n) is 41.7. The largest absolute Gasteiger partial charge is 0.458 e. The molecule has 4 aliphatic rings. The molecule has 3 aliphatic heterocycles. The van der Waals surface area contributed by atoms with Crippen LogP contribution in [-0.4, -0.2) is 101 Å². The number of carbonyl (C=O) groups is 8. The van der Waals surface area contributed by atoms with Crippen molar-refractivity contribution in [1.82, 2.24) is 36.1 Å². The van der Waals surface area contributed by atoms with Gasteiger partial charge in [0.1, 0.15) is 25.2 Å². The molecule has 76 heavy (non-hydrogen) atoms. The molecule has 0 bridgehead atoms. The number of halogens is 1. The molecule has 7 amide bonds. The van der Waals surface area contributed by atoms with E-state index in [0.29, 0.717) is 59.4 Å². The van der Waals surface area contributed by atoms with E-state index in [0.717, 1.165) is 32.5 Å². The summed E-state index contributed by atoms with van der Waals surface area (Å²) in [4.78, 5) is 121. The summed E-state index contributed by atoms with van der Waals surface area (Å²) in [7, 11) is 0. The number of esters is 1. The molecule has 0 fully saturated rings. The van der Waals surface area contributed by atoms with Crippen molar-refractivity contribution >= 4 is 63.9 Å². The molecule has 5 aromatic rings. The number of aliphatic hydroxyl groups is 1. The summed E-state index contributed by atoms with van der Waals surface area (Å²) < 4.78 is 28.2. The predicted octanol–water partition coefficient (Wildman–Crippen LogP) is 2.18. The third-order valence-corrected chi connectivity index (χ3v) is 14.3. The lowest BCUT2D eigenvalue weighted by molar-refractivity contribution is -0.172. The number of hydrogen-bond donors (Lipinski definition) is 6. The number of hydrogen-bond acceptors (Lipinski definition) is 13. The summed E-state index contributed by atoms with van der Waals surface area (Å²) in [5.74, 6) is -5.34. The molecule has 3 atom stereocenters. The Labute approximate surface area is 434 Å². The monoisotopic (exact) mass is 1040 g/mol. The van der Waals surface area contributed by atoms with Gasteiger partial charge in [-0.2, -0.15) is 0 Å². The van der Waals surface area contributed by atoms with E-state index in [1.54, 1.807) is 74.5 Å². The van der Waals surface area contributed by atoms with Gasteiger partial charge in [0.25, 0.3) is 17.4 Å². The summed E-state index contributed by atoms with van der Waals surface area (Å²) in [5, 5.41) is 24.9. The topological polar surface area (TPSA) is 274 Å². The first kappa shape index (κ1) is 52.4. The van der Waals surface area contributed by atoms with Crippen molar-refractivity contribution in [1.29, 1.82) is 0 Å². The van der Waals surface area contributed by atoms with Crippen LogP contribution in [0.15, 0.2) is 83.7 Å². The van der Waals surface area contributed by atoms with Crippen molar-refractivity contribution in [3.05, 3.63) is 140 Å². The average molecular weight is 1040 g/mol. The van der Waals surface area contributed by atoms with E-state index in [2.05, 4.69) is 26.6 Å². The highest BCUT2D eigenvalue weighted by molar-refractivity contribution is 6.28. The summed E-state index contributed by atoms with van der Waals surface area (Å²) in [6.45, 7) is 1.70. The minimum Gasteiger partial charge on any atom is -0.458 e. The Morgan fingerprint density at radius 1 is 0.855 bits per heavy atom. The third-order valence-electron chi connectivity index (χ3n) is 14.3. The van der Waals surface area contributed by atoms with Gasteiger partial charge in [0.05, 0.1) is 60.9 Å². The molecule has 2 aromatic heterocycles.